The van der Waals surface area contributed by atoms with Crippen LogP contribution in [-0.2, 0) is 0 Å². The molecule has 86 valence electrons. The van der Waals surface area contributed by atoms with Crippen molar-refractivity contribution < 1.29 is 4.79 Å². The van der Waals surface area contributed by atoms with Gasteiger partial charge in [0, 0.05) is 18.3 Å². The maximum atomic E-state index is 12.3. The second kappa shape index (κ2) is 4.56. The molecule has 1 aliphatic carbocycles. The molecule has 0 saturated heterocycles. The van der Waals surface area contributed by atoms with Crippen LogP contribution in [-0.4, -0.2) is 23.4 Å². The van der Waals surface area contributed by atoms with Crippen LogP contribution in [0, 0.1) is 0 Å². The zero-order valence-electron chi connectivity index (χ0n) is 9.65. The lowest BCUT2D eigenvalue weighted by molar-refractivity contribution is 0.0744. The minimum atomic E-state index is 0.0856. The third-order valence-electron chi connectivity index (χ3n) is 2.90. The standard InChI is InChI=1S/C13H18N2O/c1-2-9-15(10-7-8-10)13(16)11-5-3-4-6-12(11)14/h3-6,10H,2,7-9,14H2,1H3. The largest absolute Gasteiger partial charge is 0.398 e. The summed E-state index contributed by atoms with van der Waals surface area (Å²) in [6.45, 7) is 2.93. The number of anilines is 1. The molecule has 2 rings (SSSR count). The molecule has 1 fully saturated rings. The average molecular weight is 218 g/mol. The van der Waals surface area contributed by atoms with Gasteiger partial charge in [-0.1, -0.05) is 19.1 Å². The van der Waals surface area contributed by atoms with Crippen LogP contribution in [0.4, 0.5) is 5.69 Å². The Labute approximate surface area is 96.2 Å². The summed E-state index contributed by atoms with van der Waals surface area (Å²) in [6.07, 6.45) is 3.27. The van der Waals surface area contributed by atoms with Gasteiger partial charge in [-0.25, -0.2) is 0 Å². The van der Waals surface area contributed by atoms with E-state index in [1.807, 2.05) is 23.1 Å². The Hall–Kier alpha value is -1.51. The van der Waals surface area contributed by atoms with Gasteiger partial charge in [-0.3, -0.25) is 4.79 Å². The Morgan fingerprint density at radius 2 is 2.12 bits per heavy atom. The highest BCUT2D eigenvalue weighted by Gasteiger charge is 2.32. The number of nitrogens with two attached hydrogens (primary N) is 1. The van der Waals surface area contributed by atoms with Crippen molar-refractivity contribution in [2.24, 2.45) is 0 Å². The second-order valence-corrected chi connectivity index (χ2v) is 4.32. The zero-order chi connectivity index (χ0) is 11.5. The summed E-state index contributed by atoms with van der Waals surface area (Å²) in [4.78, 5) is 14.2. The lowest BCUT2D eigenvalue weighted by atomic mass is 10.1. The molecule has 1 aliphatic rings. The van der Waals surface area contributed by atoms with Gasteiger partial charge in [0.1, 0.15) is 0 Å². The number of amides is 1. The SMILES string of the molecule is CCCN(C(=O)c1ccccc1N)C1CC1. The van der Waals surface area contributed by atoms with Crippen molar-refractivity contribution in [1.82, 2.24) is 4.90 Å². The van der Waals surface area contributed by atoms with E-state index in [0.29, 0.717) is 17.3 Å². The molecule has 1 amide bonds. The van der Waals surface area contributed by atoms with Gasteiger partial charge in [0.15, 0.2) is 0 Å². The van der Waals surface area contributed by atoms with Gasteiger partial charge < -0.3 is 10.6 Å². The molecule has 0 unspecified atom stereocenters. The second-order valence-electron chi connectivity index (χ2n) is 4.32. The number of nitrogens with zero attached hydrogens (tertiary/aromatic N) is 1. The lowest BCUT2D eigenvalue weighted by Crippen LogP contribution is -2.34. The molecule has 1 aromatic carbocycles. The van der Waals surface area contributed by atoms with E-state index < -0.39 is 0 Å². The molecule has 0 aromatic heterocycles. The molecule has 0 heterocycles. The van der Waals surface area contributed by atoms with E-state index in [2.05, 4.69) is 6.92 Å². The van der Waals surface area contributed by atoms with Crippen LogP contribution in [0.5, 0.6) is 0 Å². The van der Waals surface area contributed by atoms with Crippen molar-refractivity contribution >= 4 is 11.6 Å². The third kappa shape index (κ3) is 2.18. The average Bonchev–Trinajstić information content (AvgIpc) is 3.09. The lowest BCUT2D eigenvalue weighted by Gasteiger charge is -2.22. The summed E-state index contributed by atoms with van der Waals surface area (Å²) in [7, 11) is 0. The summed E-state index contributed by atoms with van der Waals surface area (Å²) >= 11 is 0. The Balaban J connectivity index is 2.19. The first-order chi connectivity index (χ1) is 7.74. The fourth-order valence-electron chi connectivity index (χ4n) is 1.92. The highest BCUT2D eigenvalue weighted by molar-refractivity contribution is 5.99. The molecular weight excluding hydrogens is 200 g/mol. The molecule has 3 heteroatoms. The van der Waals surface area contributed by atoms with Crippen LogP contribution in [0.15, 0.2) is 24.3 Å². The van der Waals surface area contributed by atoms with E-state index >= 15 is 0 Å². The Morgan fingerprint density at radius 3 is 2.69 bits per heavy atom. The molecule has 1 aromatic rings. The van der Waals surface area contributed by atoms with Crippen LogP contribution in [0.3, 0.4) is 0 Å². The van der Waals surface area contributed by atoms with Crippen molar-refractivity contribution in [3.63, 3.8) is 0 Å². The predicted molar refractivity (Wildman–Crippen MR) is 65.2 cm³/mol. The predicted octanol–water partition coefficient (Wildman–Crippen LogP) is 2.28. The molecule has 2 N–H and O–H groups in total. The Kier molecular flexibility index (Phi) is 3.13. The topological polar surface area (TPSA) is 46.3 Å². The van der Waals surface area contributed by atoms with E-state index in [1.54, 1.807) is 6.07 Å². The van der Waals surface area contributed by atoms with Crippen LogP contribution < -0.4 is 5.73 Å². The third-order valence-corrected chi connectivity index (χ3v) is 2.90. The Morgan fingerprint density at radius 1 is 1.44 bits per heavy atom. The number of hydrogen-bond acceptors (Lipinski definition) is 2. The molecule has 1 saturated carbocycles. The normalized spacial score (nSPS) is 14.8. The monoisotopic (exact) mass is 218 g/mol. The first-order valence-corrected chi connectivity index (χ1v) is 5.89. The fraction of sp³-hybridized carbons (Fsp3) is 0.462. The van der Waals surface area contributed by atoms with Crippen molar-refractivity contribution in [1.29, 1.82) is 0 Å². The van der Waals surface area contributed by atoms with Crippen LogP contribution >= 0.6 is 0 Å². The summed E-state index contributed by atoms with van der Waals surface area (Å²) in [6, 6.07) is 7.76. The molecule has 16 heavy (non-hydrogen) atoms. The van der Waals surface area contributed by atoms with E-state index in [0.717, 1.165) is 25.8 Å². The summed E-state index contributed by atoms with van der Waals surface area (Å²) in [5.74, 6) is 0.0856. The number of carbonyl (C=O) groups is 1. The quantitative estimate of drug-likeness (QED) is 0.788. The van der Waals surface area contributed by atoms with Crippen molar-refractivity contribution in [2.45, 2.75) is 32.2 Å². The smallest absolute Gasteiger partial charge is 0.256 e. The Bertz CT molecular complexity index is 385. The highest BCUT2D eigenvalue weighted by Crippen LogP contribution is 2.29. The maximum absolute atomic E-state index is 12.3. The molecule has 0 radical (unpaired) electrons. The summed E-state index contributed by atoms with van der Waals surface area (Å²) < 4.78 is 0. The van der Waals surface area contributed by atoms with E-state index in [4.69, 9.17) is 5.73 Å². The number of rotatable bonds is 4. The van der Waals surface area contributed by atoms with Crippen molar-refractivity contribution in [3.05, 3.63) is 29.8 Å². The minimum Gasteiger partial charge on any atom is -0.398 e. The van der Waals surface area contributed by atoms with Crippen molar-refractivity contribution in [2.75, 3.05) is 12.3 Å². The maximum Gasteiger partial charge on any atom is 0.256 e. The fourth-order valence-corrected chi connectivity index (χ4v) is 1.92. The molecule has 0 bridgehead atoms. The van der Waals surface area contributed by atoms with Gasteiger partial charge in [-0.15, -0.1) is 0 Å². The number of benzene rings is 1. The van der Waals surface area contributed by atoms with Gasteiger partial charge in [0.2, 0.25) is 0 Å². The first kappa shape index (κ1) is 11.0. The zero-order valence-corrected chi connectivity index (χ0v) is 9.65. The van der Waals surface area contributed by atoms with Gasteiger partial charge in [0.25, 0.3) is 5.91 Å². The summed E-state index contributed by atoms with van der Waals surface area (Å²) in [5.41, 5.74) is 7.05. The van der Waals surface area contributed by atoms with E-state index in [1.165, 1.54) is 0 Å². The van der Waals surface area contributed by atoms with Gasteiger partial charge in [-0.2, -0.15) is 0 Å². The molecule has 0 atom stereocenters. The van der Waals surface area contributed by atoms with Gasteiger partial charge in [-0.05, 0) is 31.4 Å². The molecular formula is C13H18N2O. The first-order valence-electron chi connectivity index (χ1n) is 5.89. The number of hydrogen-bond donors (Lipinski definition) is 1. The number of para-hydroxylation sites is 1. The molecule has 3 nitrogen and oxygen atoms in total. The van der Waals surface area contributed by atoms with E-state index in [-0.39, 0.29) is 5.91 Å². The van der Waals surface area contributed by atoms with Crippen molar-refractivity contribution in [3.8, 4) is 0 Å². The summed E-state index contributed by atoms with van der Waals surface area (Å²) in [5, 5.41) is 0. The van der Waals surface area contributed by atoms with Gasteiger partial charge >= 0.3 is 0 Å². The number of nitrogen functional groups attached to an aromatic ring is 1. The van der Waals surface area contributed by atoms with Gasteiger partial charge in [0.05, 0.1) is 5.56 Å². The minimum absolute atomic E-state index is 0.0856. The highest BCUT2D eigenvalue weighted by atomic mass is 16.2. The molecule has 0 aliphatic heterocycles. The number of carbonyl (C=O) groups excluding carboxylic acids is 1. The van der Waals surface area contributed by atoms with Crippen LogP contribution in [0.2, 0.25) is 0 Å². The molecule has 0 spiro atoms. The van der Waals surface area contributed by atoms with E-state index in [9.17, 15) is 4.79 Å². The van der Waals surface area contributed by atoms with Crippen LogP contribution in [0.25, 0.3) is 0 Å². The van der Waals surface area contributed by atoms with Crippen LogP contribution in [0.1, 0.15) is 36.5 Å².